The van der Waals surface area contributed by atoms with E-state index in [-0.39, 0.29) is 17.0 Å². The summed E-state index contributed by atoms with van der Waals surface area (Å²) in [5.41, 5.74) is 0.976. The van der Waals surface area contributed by atoms with Crippen molar-refractivity contribution in [3.8, 4) is 17.1 Å². The summed E-state index contributed by atoms with van der Waals surface area (Å²) in [6.45, 7) is -5.41. The van der Waals surface area contributed by atoms with Crippen LogP contribution in [0.15, 0.2) is 36.4 Å². The highest BCUT2D eigenvalue weighted by molar-refractivity contribution is 5.88. The van der Waals surface area contributed by atoms with E-state index < -0.39 is 267 Å². The maximum absolute atomic E-state index is 12.3. The number of aliphatic hydroxyl groups is 20. The van der Waals surface area contributed by atoms with Crippen LogP contribution in [0.4, 0.5) is 0 Å². The molecule has 1 aromatic heterocycles. The molecule has 3 aromatic rings. The molecule has 21 N–H and O–H groups in total. The van der Waals surface area contributed by atoms with Gasteiger partial charge in [0.05, 0.1) is 68.3 Å². The fourth-order valence-electron chi connectivity index (χ4n) is 13.1. The van der Waals surface area contributed by atoms with Crippen LogP contribution in [0, 0.1) is 6.92 Å². The molecular weight excluding hydrogens is 1290 g/mol. The van der Waals surface area contributed by atoms with Gasteiger partial charge in [-0.25, -0.2) is 4.98 Å². The van der Waals surface area contributed by atoms with Crippen LogP contribution in [0.5, 0.6) is 5.75 Å². The third-order valence-corrected chi connectivity index (χ3v) is 18.3. The van der Waals surface area contributed by atoms with Crippen molar-refractivity contribution in [3.63, 3.8) is 0 Å². The van der Waals surface area contributed by atoms with Crippen LogP contribution in [0.1, 0.15) is 15.9 Å². The Hall–Kier alpha value is -3.98. The number of carbonyl (C=O) groups is 1. The molecule has 38 heteroatoms. The molecule has 534 valence electrons. The normalized spacial score (nSPS) is 47.1. The van der Waals surface area contributed by atoms with Crippen LogP contribution in [0.25, 0.3) is 22.4 Å². The highest BCUT2D eigenvalue weighted by atomic mass is 16.8. The van der Waals surface area contributed by atoms with Crippen molar-refractivity contribution in [2.24, 2.45) is 0 Å². The minimum atomic E-state index is -2.30. The number of rotatable bonds is 10. The number of imidazole rings is 1. The third kappa shape index (κ3) is 13.8. The predicted octanol–water partition coefficient (Wildman–Crippen LogP) is -11.7. The van der Waals surface area contributed by atoms with Crippen LogP contribution < -0.4 is 0 Å². The molecule has 21 aliphatic heterocycles. The molecule has 24 rings (SSSR count). The minimum absolute atomic E-state index is 0.00857. The molecule has 22 heterocycles. The molecule has 21 saturated heterocycles. The Balaban J connectivity index is 0.938. The second kappa shape index (κ2) is 30.1. The van der Waals surface area contributed by atoms with Gasteiger partial charge >= 0.3 is 0 Å². The lowest BCUT2D eigenvalue weighted by atomic mass is 9.95. The highest BCUT2D eigenvalue weighted by Crippen LogP contribution is 2.41. The molecule has 0 saturated carbocycles. The number of phenolic OH excluding ortho intramolecular Hbond substituents is 1. The van der Waals surface area contributed by atoms with Gasteiger partial charge in [0.15, 0.2) is 50.3 Å². The van der Waals surface area contributed by atoms with Crippen molar-refractivity contribution in [2.45, 2.75) is 228 Å². The SMILES string of the molecule is Cc1cc(C=O)c(O)c(-c2nc3ccccc3n2C[C@H]2O[C@@H]3O[C@H]4[C@H](O)[C@@H](O)[C@@H](O[C@H]5[C@H](O)[C@@H](O)[C@@H](O[C@H]6[C@H](O)[C@@H](O)[C@@H](O[C@H]7[C@H](O)[C@@H](O)[C@@H](O[C@H]8[C@H](O)[C@@H](O)[C@@H](O[C@H]9[C@H](O)[C@@H](O)[C@@H](O[C@H]2[C@H](O)[C@H]3O)O[C@@H]9CO)O[C@@H]8CO)O[C@@H]7CO)O[C@@H]6CO)O[C@@H]5CO)O[C@@H]4CO)c1. The molecule has 14 bridgehead atoms. The first-order valence-electron chi connectivity index (χ1n) is 30.5. The Kier molecular flexibility index (Phi) is 22.9. The number of aromatic nitrogens is 2. The van der Waals surface area contributed by atoms with Gasteiger partial charge in [0, 0.05) is 0 Å². The number of aldehydes is 1. The number of benzene rings is 2. The smallest absolute Gasteiger partial charge is 0.187 e. The first kappa shape index (κ1) is 72.3. The number of aromatic hydroxyl groups is 1. The van der Waals surface area contributed by atoms with E-state index in [4.69, 9.17) is 71.3 Å². The number of para-hydroxylation sites is 2. The Morgan fingerprint density at radius 2 is 0.642 bits per heavy atom. The van der Waals surface area contributed by atoms with Crippen LogP contribution in [0.2, 0.25) is 0 Å². The Morgan fingerprint density at radius 1 is 0.379 bits per heavy atom. The Morgan fingerprint density at radius 3 is 0.916 bits per heavy atom. The van der Waals surface area contributed by atoms with Crippen LogP contribution in [-0.2, 0) is 72.9 Å². The third-order valence-electron chi connectivity index (χ3n) is 18.3. The fourth-order valence-corrected chi connectivity index (χ4v) is 13.1. The van der Waals surface area contributed by atoms with Gasteiger partial charge < -0.3 is 178 Å². The average Bonchev–Trinajstić information content (AvgIpc) is 1.78. The largest absolute Gasteiger partial charge is 0.506 e. The number of ether oxygens (including phenoxy) is 14. The Bertz CT molecular complexity index is 3010. The standard InChI is InChI=1S/C57H80N2O36/c1-16-6-17(9-60)28(67)18(7-16)50-58-19-4-2-3-5-20(19)59(50)8-21-43-29(68)36(75)51(82-21)90-44-22(10-61)84-53(38(77)31(44)70)92-46-24(12-63)86-55(40(79)33(46)72)94-48-26(14-65)88-57(42(81)35(48)74)95-49-27(15-66)87-56(41(80)34(49)73)93-47-25(13-64)85-54(39(78)32(47)71)91-45-23(11-62)83-52(89-43)37(76)30(45)69/h2-7,9,21-27,29-49,51-57,61-81H,8,10-15H2,1H3/t21-,22-,23-,24-,25-,26-,27-,29-,30-,31-,32-,33-,34-,35-,36-,37-,38-,39-,40-,41-,42-,43-,44-,45-,46-,47-,48-,49-,51-,52-,53-,54-,55-,56-,57-/m1/s1. The van der Waals surface area contributed by atoms with Crippen molar-refractivity contribution < 1.29 is 178 Å². The first-order valence-corrected chi connectivity index (χ1v) is 30.5. The second-order valence-corrected chi connectivity index (χ2v) is 24.4. The topological polar surface area (TPSA) is 589 Å². The number of nitrogens with zero attached hydrogens (tertiary/aromatic N) is 2. The summed E-state index contributed by atoms with van der Waals surface area (Å²) in [6, 6.07) is 9.35. The van der Waals surface area contributed by atoms with E-state index >= 15 is 0 Å². The van der Waals surface area contributed by atoms with E-state index in [0.29, 0.717) is 22.9 Å². The summed E-state index contributed by atoms with van der Waals surface area (Å²) in [5.74, 6) is -0.529. The zero-order chi connectivity index (χ0) is 68.3. The number of carbonyl (C=O) groups excluding carboxylic acids is 1. The summed E-state index contributed by atoms with van der Waals surface area (Å²) in [4.78, 5) is 16.9. The fraction of sp³-hybridized carbons (Fsp3) is 0.754. The number of phenols is 1. The van der Waals surface area contributed by atoms with Crippen molar-refractivity contribution in [1.29, 1.82) is 0 Å². The molecule has 35 atom stereocenters. The minimum Gasteiger partial charge on any atom is -0.506 e. The molecular formula is C57H80N2O36. The predicted molar refractivity (Wildman–Crippen MR) is 298 cm³/mol. The number of fused-ring (bicyclic) bond motifs is 1. The maximum atomic E-state index is 12.3. The lowest BCUT2D eigenvalue weighted by Crippen LogP contribution is -2.68. The van der Waals surface area contributed by atoms with E-state index in [0.717, 1.165) is 0 Å². The summed E-state index contributed by atoms with van der Waals surface area (Å²) >= 11 is 0. The number of hydrogen-bond acceptors (Lipinski definition) is 37. The molecule has 38 nitrogen and oxygen atoms in total. The molecule has 21 aliphatic rings. The number of aryl methyl sites for hydroxylation is 1. The van der Waals surface area contributed by atoms with Crippen molar-refractivity contribution >= 4 is 17.3 Å². The molecule has 0 radical (unpaired) electrons. The lowest BCUT2D eigenvalue weighted by Gasteiger charge is -2.50. The molecule has 95 heavy (non-hydrogen) atoms. The molecule has 2 aromatic carbocycles. The lowest BCUT2D eigenvalue weighted by molar-refractivity contribution is -0.396. The monoisotopic (exact) mass is 1370 g/mol. The van der Waals surface area contributed by atoms with Crippen molar-refractivity contribution in [2.75, 3.05) is 39.6 Å². The van der Waals surface area contributed by atoms with E-state index in [2.05, 4.69) is 0 Å². The quantitative estimate of drug-likeness (QED) is 0.0838. The van der Waals surface area contributed by atoms with E-state index in [1.807, 2.05) is 0 Å². The molecule has 0 amide bonds. The van der Waals surface area contributed by atoms with Gasteiger partial charge in [-0.2, -0.15) is 0 Å². The average molecular weight is 1370 g/mol. The van der Waals surface area contributed by atoms with Gasteiger partial charge in [0.25, 0.3) is 0 Å². The van der Waals surface area contributed by atoms with Crippen LogP contribution in [0.3, 0.4) is 0 Å². The molecule has 0 aliphatic carbocycles. The van der Waals surface area contributed by atoms with Crippen LogP contribution in [-0.4, -0.2) is 378 Å². The van der Waals surface area contributed by atoms with Gasteiger partial charge in [-0.05, 0) is 36.8 Å². The molecule has 21 fully saturated rings. The molecule has 0 spiro atoms. The second-order valence-electron chi connectivity index (χ2n) is 24.4. The maximum Gasteiger partial charge on any atom is 0.187 e. The van der Waals surface area contributed by atoms with Gasteiger partial charge in [-0.3, -0.25) is 4.79 Å². The number of hydrogen-bond donors (Lipinski definition) is 21. The van der Waals surface area contributed by atoms with E-state index in [1.54, 1.807) is 31.2 Å². The van der Waals surface area contributed by atoms with Gasteiger partial charge in [0.2, 0.25) is 0 Å². The number of aliphatic hydroxyl groups excluding tert-OH is 20. The van der Waals surface area contributed by atoms with E-state index in [9.17, 15) is 112 Å². The van der Waals surface area contributed by atoms with Gasteiger partial charge in [-0.15, -0.1) is 0 Å². The Labute approximate surface area is 536 Å². The summed E-state index contributed by atoms with van der Waals surface area (Å²) in [5, 5.41) is 238. The first-order chi connectivity index (χ1) is 45.4. The van der Waals surface area contributed by atoms with Crippen molar-refractivity contribution in [1.82, 2.24) is 9.55 Å². The van der Waals surface area contributed by atoms with E-state index in [1.165, 1.54) is 16.7 Å². The summed E-state index contributed by atoms with van der Waals surface area (Å²) in [7, 11) is 0. The zero-order valence-corrected chi connectivity index (χ0v) is 50.1. The van der Waals surface area contributed by atoms with Gasteiger partial charge in [-0.1, -0.05) is 12.1 Å². The van der Waals surface area contributed by atoms with Gasteiger partial charge in [0.1, 0.15) is 182 Å². The van der Waals surface area contributed by atoms with Crippen molar-refractivity contribution in [3.05, 3.63) is 47.5 Å². The summed E-state index contributed by atoms with van der Waals surface area (Å²) in [6.07, 6.45) is -71.7. The molecule has 0 unspecified atom stereocenters. The highest BCUT2D eigenvalue weighted by Gasteiger charge is 2.60. The zero-order valence-electron chi connectivity index (χ0n) is 50.1. The summed E-state index contributed by atoms with van der Waals surface area (Å²) < 4.78 is 83.9. The van der Waals surface area contributed by atoms with Crippen LogP contribution >= 0.6 is 0 Å².